The van der Waals surface area contributed by atoms with Crippen molar-refractivity contribution in [3.63, 3.8) is 0 Å². The summed E-state index contributed by atoms with van der Waals surface area (Å²) in [4.78, 5) is 23.8. The van der Waals surface area contributed by atoms with Crippen molar-refractivity contribution in [2.24, 2.45) is 0 Å². The molecule has 30 heavy (non-hydrogen) atoms. The maximum absolute atomic E-state index is 12.4. The molecule has 0 bridgehead atoms. The zero-order chi connectivity index (χ0) is 22.3. The molecule has 0 radical (unpaired) electrons. The van der Waals surface area contributed by atoms with Crippen molar-refractivity contribution in [2.45, 2.75) is 11.4 Å². The summed E-state index contributed by atoms with van der Waals surface area (Å²) in [6, 6.07) is 10.8. The molecule has 0 aromatic heterocycles. The summed E-state index contributed by atoms with van der Waals surface area (Å²) in [7, 11) is -0.820. The van der Waals surface area contributed by atoms with Crippen molar-refractivity contribution < 1.29 is 27.5 Å². The lowest BCUT2D eigenvalue weighted by atomic mass is 10.2. The number of hydrogen-bond donors (Lipinski definition) is 1. The van der Waals surface area contributed by atoms with E-state index in [4.69, 9.17) is 32.7 Å². The number of halogens is 2. The highest BCUT2D eigenvalue weighted by Gasteiger charge is 2.21. The third-order valence-corrected chi connectivity index (χ3v) is 6.26. The minimum atomic E-state index is -3.66. The van der Waals surface area contributed by atoms with Gasteiger partial charge in [-0.1, -0.05) is 41.4 Å². The van der Waals surface area contributed by atoms with E-state index < -0.39 is 35.1 Å². The second-order valence-electron chi connectivity index (χ2n) is 6.20. The van der Waals surface area contributed by atoms with Gasteiger partial charge in [-0.2, -0.15) is 0 Å². The second-order valence-corrected chi connectivity index (χ2v) is 9.16. The van der Waals surface area contributed by atoms with Crippen LogP contribution >= 0.6 is 23.2 Å². The van der Waals surface area contributed by atoms with Crippen molar-refractivity contribution in [3.8, 4) is 5.75 Å². The fraction of sp³-hybridized carbons (Fsp3) is 0.263. The highest BCUT2D eigenvalue weighted by molar-refractivity contribution is 7.89. The number of benzene rings is 2. The Labute approximate surface area is 184 Å². The Morgan fingerprint density at radius 1 is 1.07 bits per heavy atom. The molecule has 2 rings (SSSR count). The van der Waals surface area contributed by atoms with E-state index in [1.807, 2.05) is 0 Å². The molecule has 0 spiro atoms. The molecule has 2 aromatic carbocycles. The third kappa shape index (κ3) is 6.60. The van der Waals surface area contributed by atoms with Gasteiger partial charge in [-0.25, -0.2) is 17.5 Å². The highest BCUT2D eigenvalue weighted by Crippen LogP contribution is 2.27. The summed E-state index contributed by atoms with van der Waals surface area (Å²) in [5.74, 6) is -1.11. The van der Waals surface area contributed by atoms with Gasteiger partial charge in [0, 0.05) is 25.7 Å². The van der Waals surface area contributed by atoms with E-state index in [9.17, 15) is 18.0 Å². The normalized spacial score (nSPS) is 11.2. The number of sulfonamides is 1. The maximum atomic E-state index is 12.4. The molecule has 1 N–H and O–H groups in total. The van der Waals surface area contributed by atoms with Crippen LogP contribution in [0.4, 0.5) is 0 Å². The van der Waals surface area contributed by atoms with Crippen LogP contribution in [-0.2, 0) is 30.9 Å². The van der Waals surface area contributed by atoms with Gasteiger partial charge in [-0.05, 0) is 29.8 Å². The van der Waals surface area contributed by atoms with E-state index in [0.29, 0.717) is 10.6 Å². The van der Waals surface area contributed by atoms with Gasteiger partial charge in [-0.15, -0.1) is 0 Å². The van der Waals surface area contributed by atoms with Crippen molar-refractivity contribution in [3.05, 3.63) is 58.1 Å². The molecule has 0 saturated heterocycles. The predicted molar refractivity (Wildman–Crippen MR) is 112 cm³/mol. The molecule has 8 nitrogen and oxygen atoms in total. The SMILES string of the molecule is CN(C)S(=O)(=O)c1ccccc1CNC(=O)COC(=O)COc1ccc(Cl)cc1Cl. The second kappa shape index (κ2) is 10.6. The van der Waals surface area contributed by atoms with Crippen LogP contribution in [0.25, 0.3) is 0 Å². The lowest BCUT2D eigenvalue weighted by molar-refractivity contribution is -0.150. The Balaban J connectivity index is 1.84. The molecule has 1 amide bonds. The van der Waals surface area contributed by atoms with E-state index in [0.717, 1.165) is 4.31 Å². The minimum Gasteiger partial charge on any atom is -0.480 e. The zero-order valence-electron chi connectivity index (χ0n) is 16.2. The smallest absolute Gasteiger partial charge is 0.344 e. The zero-order valence-corrected chi connectivity index (χ0v) is 18.6. The summed E-state index contributed by atoms with van der Waals surface area (Å²) >= 11 is 11.7. The molecule has 11 heteroatoms. The number of hydrogen-bond acceptors (Lipinski definition) is 6. The molecular weight excluding hydrogens is 455 g/mol. The number of carbonyl (C=O) groups excluding carboxylic acids is 2. The first-order valence-electron chi connectivity index (χ1n) is 8.62. The molecule has 0 aliphatic rings. The van der Waals surface area contributed by atoms with Crippen LogP contribution in [0, 0.1) is 0 Å². The van der Waals surface area contributed by atoms with E-state index in [-0.39, 0.29) is 22.2 Å². The molecule has 0 heterocycles. The van der Waals surface area contributed by atoms with Crippen molar-refractivity contribution in [1.29, 1.82) is 0 Å². The Morgan fingerprint density at radius 2 is 1.77 bits per heavy atom. The molecule has 2 aromatic rings. The lowest BCUT2D eigenvalue weighted by Gasteiger charge is -2.15. The van der Waals surface area contributed by atoms with Gasteiger partial charge in [0.2, 0.25) is 10.0 Å². The van der Waals surface area contributed by atoms with Crippen LogP contribution in [0.5, 0.6) is 5.75 Å². The van der Waals surface area contributed by atoms with E-state index in [1.54, 1.807) is 24.3 Å². The first kappa shape index (κ1) is 23.9. The summed E-state index contributed by atoms with van der Waals surface area (Å²) in [5, 5.41) is 3.18. The summed E-state index contributed by atoms with van der Waals surface area (Å²) in [6.07, 6.45) is 0. The third-order valence-electron chi connectivity index (χ3n) is 3.81. The molecule has 0 aliphatic heterocycles. The standard InChI is InChI=1S/C19H20Cl2N2O6S/c1-23(2)30(26,27)17-6-4-3-5-13(17)10-22-18(24)11-29-19(25)12-28-16-8-7-14(20)9-15(16)21/h3-9H,10-12H2,1-2H3,(H,22,24). The fourth-order valence-electron chi connectivity index (χ4n) is 2.26. The van der Waals surface area contributed by atoms with Gasteiger partial charge < -0.3 is 14.8 Å². The van der Waals surface area contributed by atoms with Crippen LogP contribution in [-0.4, -0.2) is 51.9 Å². The predicted octanol–water partition coefficient (Wildman–Crippen LogP) is 2.48. The summed E-state index contributed by atoms with van der Waals surface area (Å²) in [5.41, 5.74) is 0.409. The van der Waals surface area contributed by atoms with Gasteiger partial charge in [0.05, 0.1) is 9.92 Å². The number of nitrogens with one attached hydrogen (secondary N) is 1. The summed E-state index contributed by atoms with van der Waals surface area (Å²) in [6.45, 7) is -1.03. The van der Waals surface area contributed by atoms with Gasteiger partial charge in [0.1, 0.15) is 5.75 Å². The first-order chi connectivity index (χ1) is 14.1. The molecule has 0 atom stereocenters. The monoisotopic (exact) mass is 474 g/mol. The lowest BCUT2D eigenvalue weighted by Crippen LogP contribution is -2.30. The Kier molecular flexibility index (Phi) is 8.48. The molecule has 0 saturated carbocycles. The van der Waals surface area contributed by atoms with Crippen molar-refractivity contribution in [2.75, 3.05) is 27.3 Å². The van der Waals surface area contributed by atoms with Gasteiger partial charge in [-0.3, -0.25) is 4.79 Å². The molecular formula is C19H20Cl2N2O6S. The van der Waals surface area contributed by atoms with Gasteiger partial charge in [0.15, 0.2) is 13.2 Å². The van der Waals surface area contributed by atoms with Crippen LogP contribution < -0.4 is 10.1 Å². The number of ether oxygens (including phenoxy) is 2. The number of nitrogens with zero attached hydrogens (tertiary/aromatic N) is 1. The molecule has 0 fully saturated rings. The topological polar surface area (TPSA) is 102 Å². The van der Waals surface area contributed by atoms with E-state index in [2.05, 4.69) is 5.32 Å². The van der Waals surface area contributed by atoms with Gasteiger partial charge >= 0.3 is 5.97 Å². The molecule has 0 unspecified atom stereocenters. The van der Waals surface area contributed by atoms with Crippen LogP contribution in [0.1, 0.15) is 5.56 Å². The fourth-order valence-corrected chi connectivity index (χ4v) is 3.84. The molecule has 162 valence electrons. The Hall–Kier alpha value is -2.33. The number of amides is 1. The maximum Gasteiger partial charge on any atom is 0.344 e. The highest BCUT2D eigenvalue weighted by atomic mass is 35.5. The van der Waals surface area contributed by atoms with Gasteiger partial charge in [0.25, 0.3) is 5.91 Å². The average Bonchev–Trinajstić information content (AvgIpc) is 2.70. The number of rotatable bonds is 9. The van der Waals surface area contributed by atoms with Crippen LogP contribution in [0.15, 0.2) is 47.4 Å². The largest absolute Gasteiger partial charge is 0.480 e. The minimum absolute atomic E-state index is 0.0451. The number of carbonyl (C=O) groups is 2. The first-order valence-corrected chi connectivity index (χ1v) is 10.8. The van der Waals surface area contributed by atoms with Crippen molar-refractivity contribution >= 4 is 45.1 Å². The van der Waals surface area contributed by atoms with Crippen molar-refractivity contribution in [1.82, 2.24) is 9.62 Å². The Bertz CT molecular complexity index is 1030. The summed E-state index contributed by atoms with van der Waals surface area (Å²) < 4.78 is 35.9. The Morgan fingerprint density at radius 3 is 2.43 bits per heavy atom. The van der Waals surface area contributed by atoms with E-state index >= 15 is 0 Å². The molecule has 0 aliphatic carbocycles. The van der Waals surface area contributed by atoms with Crippen LogP contribution in [0.3, 0.4) is 0 Å². The van der Waals surface area contributed by atoms with Crippen LogP contribution in [0.2, 0.25) is 10.0 Å². The van der Waals surface area contributed by atoms with E-state index in [1.165, 1.54) is 32.3 Å². The number of esters is 1. The quantitative estimate of drug-likeness (QED) is 0.560. The average molecular weight is 475 g/mol.